The SMILES string of the molecule is COc1ccc(C(=O)O)cc1S(=O)(=O)Nc1cccc(N2CCOCC2)c1. The largest absolute Gasteiger partial charge is 0.495 e. The van der Waals surface area contributed by atoms with Gasteiger partial charge in [0, 0.05) is 18.8 Å². The van der Waals surface area contributed by atoms with E-state index in [1.54, 1.807) is 18.2 Å². The number of ether oxygens (including phenoxy) is 2. The summed E-state index contributed by atoms with van der Waals surface area (Å²) in [6.45, 7) is 2.69. The average molecular weight is 392 g/mol. The zero-order valence-electron chi connectivity index (χ0n) is 14.7. The third-order valence-corrected chi connectivity index (χ3v) is 5.58. The average Bonchev–Trinajstić information content (AvgIpc) is 2.68. The number of morpholine rings is 1. The lowest BCUT2D eigenvalue weighted by Gasteiger charge is -2.29. The van der Waals surface area contributed by atoms with Crippen LogP contribution in [-0.4, -0.2) is 52.9 Å². The monoisotopic (exact) mass is 392 g/mol. The number of hydrogen-bond donors (Lipinski definition) is 2. The molecule has 0 amide bonds. The van der Waals surface area contributed by atoms with Gasteiger partial charge in [-0.15, -0.1) is 0 Å². The van der Waals surface area contributed by atoms with Crippen molar-refractivity contribution in [3.63, 3.8) is 0 Å². The predicted molar refractivity (Wildman–Crippen MR) is 100 cm³/mol. The van der Waals surface area contributed by atoms with Gasteiger partial charge in [0.2, 0.25) is 0 Å². The molecule has 0 spiro atoms. The zero-order chi connectivity index (χ0) is 19.4. The molecule has 1 heterocycles. The van der Waals surface area contributed by atoms with Crippen molar-refractivity contribution in [1.82, 2.24) is 0 Å². The first-order chi connectivity index (χ1) is 12.9. The lowest BCUT2D eigenvalue weighted by atomic mass is 10.2. The van der Waals surface area contributed by atoms with Crippen LogP contribution in [0.4, 0.5) is 11.4 Å². The lowest BCUT2D eigenvalue weighted by Crippen LogP contribution is -2.36. The van der Waals surface area contributed by atoms with Crippen molar-refractivity contribution < 1.29 is 27.8 Å². The van der Waals surface area contributed by atoms with E-state index in [9.17, 15) is 13.2 Å². The molecule has 144 valence electrons. The number of nitrogens with zero attached hydrogens (tertiary/aromatic N) is 1. The molecule has 3 rings (SSSR count). The summed E-state index contributed by atoms with van der Waals surface area (Å²) < 4.78 is 38.6. The topological polar surface area (TPSA) is 105 Å². The third kappa shape index (κ3) is 4.32. The Morgan fingerprint density at radius 3 is 2.59 bits per heavy atom. The van der Waals surface area contributed by atoms with Crippen LogP contribution in [-0.2, 0) is 14.8 Å². The van der Waals surface area contributed by atoms with Crippen LogP contribution >= 0.6 is 0 Å². The zero-order valence-corrected chi connectivity index (χ0v) is 15.5. The van der Waals surface area contributed by atoms with Crippen LogP contribution < -0.4 is 14.4 Å². The fourth-order valence-electron chi connectivity index (χ4n) is 2.82. The molecule has 0 atom stereocenters. The minimum absolute atomic E-state index is 0.0665. The smallest absolute Gasteiger partial charge is 0.335 e. The van der Waals surface area contributed by atoms with Crippen LogP contribution in [0.1, 0.15) is 10.4 Å². The molecular weight excluding hydrogens is 372 g/mol. The van der Waals surface area contributed by atoms with Gasteiger partial charge in [0.05, 0.1) is 31.6 Å². The fraction of sp³-hybridized carbons (Fsp3) is 0.278. The van der Waals surface area contributed by atoms with Crippen molar-refractivity contribution in [2.45, 2.75) is 4.90 Å². The van der Waals surface area contributed by atoms with Gasteiger partial charge in [0.25, 0.3) is 10.0 Å². The van der Waals surface area contributed by atoms with Crippen LogP contribution in [0, 0.1) is 0 Å². The number of nitrogens with one attached hydrogen (secondary N) is 1. The van der Waals surface area contributed by atoms with Crippen LogP contribution in [0.15, 0.2) is 47.4 Å². The number of methoxy groups -OCH3 is 1. The van der Waals surface area contributed by atoms with Crippen molar-refractivity contribution in [3.05, 3.63) is 48.0 Å². The Balaban J connectivity index is 1.91. The Bertz CT molecular complexity index is 939. The number of aromatic carboxylic acids is 1. The van der Waals surface area contributed by atoms with Crippen LogP contribution in [0.5, 0.6) is 5.75 Å². The fourth-order valence-corrected chi connectivity index (χ4v) is 4.06. The molecular formula is C18H20N2O6S. The molecule has 0 aliphatic carbocycles. The summed E-state index contributed by atoms with van der Waals surface area (Å²) in [6, 6.07) is 10.7. The van der Waals surface area contributed by atoms with Gasteiger partial charge in [-0.3, -0.25) is 4.72 Å². The van der Waals surface area contributed by atoms with E-state index in [1.807, 2.05) is 6.07 Å². The molecule has 1 aliphatic heterocycles. The molecule has 0 saturated carbocycles. The molecule has 9 heteroatoms. The summed E-state index contributed by atoms with van der Waals surface area (Å²) in [4.78, 5) is 13.1. The molecule has 1 fully saturated rings. The molecule has 2 aromatic rings. The highest BCUT2D eigenvalue weighted by Crippen LogP contribution is 2.28. The highest BCUT2D eigenvalue weighted by molar-refractivity contribution is 7.92. The molecule has 1 saturated heterocycles. The molecule has 1 aliphatic rings. The molecule has 2 aromatic carbocycles. The Morgan fingerprint density at radius 2 is 1.93 bits per heavy atom. The number of rotatable bonds is 6. The van der Waals surface area contributed by atoms with Crippen LogP contribution in [0.25, 0.3) is 0 Å². The van der Waals surface area contributed by atoms with Gasteiger partial charge in [0.1, 0.15) is 10.6 Å². The first kappa shape index (κ1) is 19.0. The Labute approximate surface area is 157 Å². The second-order valence-corrected chi connectivity index (χ2v) is 7.58. The first-order valence-electron chi connectivity index (χ1n) is 8.27. The number of anilines is 2. The molecule has 8 nitrogen and oxygen atoms in total. The van der Waals surface area contributed by atoms with Crippen molar-refractivity contribution in [3.8, 4) is 5.75 Å². The molecule has 2 N–H and O–H groups in total. The summed E-state index contributed by atoms with van der Waals surface area (Å²) in [5.41, 5.74) is 1.12. The van der Waals surface area contributed by atoms with E-state index >= 15 is 0 Å². The summed E-state index contributed by atoms with van der Waals surface area (Å²) in [5, 5.41) is 9.14. The number of benzene rings is 2. The normalized spacial score (nSPS) is 14.6. The van der Waals surface area contributed by atoms with E-state index in [-0.39, 0.29) is 16.2 Å². The molecule has 0 radical (unpaired) electrons. The van der Waals surface area contributed by atoms with E-state index in [0.717, 1.165) is 24.8 Å². The van der Waals surface area contributed by atoms with Crippen molar-refractivity contribution in [2.75, 3.05) is 43.0 Å². The van der Waals surface area contributed by atoms with E-state index in [2.05, 4.69) is 9.62 Å². The van der Waals surface area contributed by atoms with Gasteiger partial charge in [-0.1, -0.05) is 6.07 Å². The minimum Gasteiger partial charge on any atom is -0.495 e. The minimum atomic E-state index is -4.04. The van der Waals surface area contributed by atoms with Gasteiger partial charge in [-0.2, -0.15) is 0 Å². The van der Waals surface area contributed by atoms with Gasteiger partial charge in [0.15, 0.2) is 0 Å². The van der Waals surface area contributed by atoms with Crippen LogP contribution in [0.2, 0.25) is 0 Å². The highest BCUT2D eigenvalue weighted by atomic mass is 32.2. The number of hydrogen-bond acceptors (Lipinski definition) is 6. The standard InChI is InChI=1S/C18H20N2O6S/c1-25-16-6-5-13(18(21)22)11-17(16)27(23,24)19-14-3-2-4-15(12-14)20-7-9-26-10-8-20/h2-6,11-12,19H,7-10H2,1H3,(H,21,22). The molecule has 0 aromatic heterocycles. The molecule has 27 heavy (non-hydrogen) atoms. The van der Waals surface area contributed by atoms with Crippen LogP contribution in [0.3, 0.4) is 0 Å². The number of carboxylic acid groups (broad SMARTS) is 1. The summed E-state index contributed by atoms with van der Waals surface area (Å²) >= 11 is 0. The van der Waals surface area contributed by atoms with Gasteiger partial charge in [-0.05, 0) is 36.4 Å². The lowest BCUT2D eigenvalue weighted by molar-refractivity contribution is 0.0696. The van der Waals surface area contributed by atoms with Crippen molar-refractivity contribution >= 4 is 27.4 Å². The highest BCUT2D eigenvalue weighted by Gasteiger charge is 2.22. The first-order valence-corrected chi connectivity index (χ1v) is 9.76. The third-order valence-electron chi connectivity index (χ3n) is 4.17. The van der Waals surface area contributed by atoms with Crippen molar-refractivity contribution in [2.24, 2.45) is 0 Å². The summed E-state index contributed by atoms with van der Waals surface area (Å²) in [6.07, 6.45) is 0. The maximum absolute atomic E-state index is 12.8. The number of sulfonamides is 1. The summed E-state index contributed by atoms with van der Waals surface area (Å²) in [7, 11) is -2.71. The number of carboxylic acids is 1. The van der Waals surface area contributed by atoms with E-state index in [0.29, 0.717) is 18.9 Å². The molecule has 0 bridgehead atoms. The van der Waals surface area contributed by atoms with E-state index in [4.69, 9.17) is 14.6 Å². The second kappa shape index (κ2) is 7.85. The summed E-state index contributed by atoms with van der Waals surface area (Å²) in [5.74, 6) is -1.15. The van der Waals surface area contributed by atoms with Gasteiger partial charge < -0.3 is 19.5 Å². The van der Waals surface area contributed by atoms with Gasteiger partial charge >= 0.3 is 5.97 Å². The van der Waals surface area contributed by atoms with E-state index < -0.39 is 16.0 Å². The molecule has 0 unspecified atom stereocenters. The maximum atomic E-state index is 12.8. The Morgan fingerprint density at radius 1 is 1.19 bits per heavy atom. The van der Waals surface area contributed by atoms with Gasteiger partial charge in [-0.25, -0.2) is 13.2 Å². The quantitative estimate of drug-likeness (QED) is 0.775. The Kier molecular flexibility index (Phi) is 5.52. The maximum Gasteiger partial charge on any atom is 0.335 e. The number of carbonyl (C=O) groups is 1. The van der Waals surface area contributed by atoms with E-state index in [1.165, 1.54) is 19.2 Å². The second-order valence-electron chi connectivity index (χ2n) is 5.93. The Hall–Kier alpha value is -2.78. The van der Waals surface area contributed by atoms with Crippen molar-refractivity contribution in [1.29, 1.82) is 0 Å². The predicted octanol–water partition coefficient (Wildman–Crippen LogP) is 2.03.